The van der Waals surface area contributed by atoms with E-state index in [1.165, 1.54) is 44.9 Å². The molecule has 0 aliphatic carbocycles. The Morgan fingerprint density at radius 1 is 1.16 bits per heavy atom. The van der Waals surface area contributed by atoms with E-state index in [-0.39, 0.29) is 11.8 Å². The van der Waals surface area contributed by atoms with Gasteiger partial charge < -0.3 is 0 Å². The molecule has 1 N–H and O–H groups in total. The van der Waals surface area contributed by atoms with E-state index in [9.17, 15) is 4.79 Å². The van der Waals surface area contributed by atoms with Crippen LogP contribution in [-0.2, 0) is 4.79 Å². The molecular formula is C16H32INO. The Balaban J connectivity index is 3.96. The molecule has 0 aromatic carbocycles. The fourth-order valence-electron chi connectivity index (χ4n) is 2.62. The van der Waals surface area contributed by atoms with Gasteiger partial charge in [0.05, 0.1) is 22.9 Å². The Morgan fingerprint density at radius 3 is 2.26 bits per heavy atom. The lowest BCUT2D eigenvalue weighted by Crippen LogP contribution is -2.23. The lowest BCUT2D eigenvalue weighted by molar-refractivity contribution is -0.122. The fraction of sp³-hybridized carbons (Fsp3) is 0.938. The van der Waals surface area contributed by atoms with Crippen LogP contribution >= 0.6 is 22.9 Å². The third-order valence-corrected chi connectivity index (χ3v) is 5.06. The number of carbonyl (C=O) groups is 1. The van der Waals surface area contributed by atoms with Crippen molar-refractivity contribution in [1.82, 2.24) is 3.53 Å². The van der Waals surface area contributed by atoms with Crippen LogP contribution in [0.15, 0.2) is 0 Å². The summed E-state index contributed by atoms with van der Waals surface area (Å²) in [5.41, 5.74) is 0.517. The van der Waals surface area contributed by atoms with Crippen LogP contribution in [0.2, 0.25) is 0 Å². The first-order valence-corrected chi connectivity index (χ1v) is 9.01. The van der Waals surface area contributed by atoms with Gasteiger partial charge in [-0.25, -0.2) is 0 Å². The molecule has 0 aliphatic rings. The molecule has 2 nitrogen and oxygen atoms in total. The molecule has 0 spiro atoms. The summed E-state index contributed by atoms with van der Waals surface area (Å²) in [5, 5.41) is 0. The van der Waals surface area contributed by atoms with E-state index < -0.39 is 0 Å². The molecule has 19 heavy (non-hydrogen) atoms. The number of hydrogen-bond acceptors (Lipinski definition) is 1. The second-order valence-corrected chi connectivity index (χ2v) is 6.62. The van der Waals surface area contributed by atoms with Crippen LogP contribution in [0, 0.1) is 11.3 Å². The highest BCUT2D eigenvalue weighted by atomic mass is 127. The van der Waals surface area contributed by atoms with Gasteiger partial charge in [-0.15, -0.1) is 0 Å². The van der Waals surface area contributed by atoms with Crippen LogP contribution in [0.4, 0.5) is 0 Å². The van der Waals surface area contributed by atoms with Gasteiger partial charge in [0.25, 0.3) is 0 Å². The minimum atomic E-state index is 0.201. The highest BCUT2D eigenvalue weighted by molar-refractivity contribution is 14.1. The molecule has 3 heteroatoms. The van der Waals surface area contributed by atoms with E-state index in [0.29, 0.717) is 5.41 Å². The van der Waals surface area contributed by atoms with Crippen molar-refractivity contribution < 1.29 is 4.79 Å². The second kappa shape index (κ2) is 10.9. The number of rotatable bonds is 11. The van der Waals surface area contributed by atoms with Crippen LogP contribution in [-0.4, -0.2) is 5.91 Å². The highest BCUT2D eigenvalue weighted by Crippen LogP contribution is 2.34. The van der Waals surface area contributed by atoms with E-state index in [1.54, 1.807) is 0 Å². The van der Waals surface area contributed by atoms with Gasteiger partial charge in [0.2, 0.25) is 5.91 Å². The molecule has 0 saturated heterocycles. The summed E-state index contributed by atoms with van der Waals surface area (Å²) in [4.78, 5) is 11.6. The quantitative estimate of drug-likeness (QED) is 0.280. The van der Waals surface area contributed by atoms with Gasteiger partial charge in [0, 0.05) is 5.92 Å². The standard InChI is InChI=1S/C16H32INO/c1-5-8-12-16(4,7-3)13-10-9-11-14(6-2)15(19)18-17/h14H,5-13H2,1-4H3,(H,18,19). The van der Waals surface area contributed by atoms with E-state index in [1.807, 2.05) is 22.9 Å². The summed E-state index contributed by atoms with van der Waals surface area (Å²) in [6.45, 7) is 9.12. The summed E-state index contributed by atoms with van der Waals surface area (Å²) in [7, 11) is 0. The monoisotopic (exact) mass is 381 g/mol. The molecule has 0 fully saturated rings. The molecule has 0 radical (unpaired) electrons. The van der Waals surface area contributed by atoms with Crippen molar-refractivity contribution in [1.29, 1.82) is 0 Å². The maximum absolute atomic E-state index is 11.6. The maximum atomic E-state index is 11.6. The molecule has 2 atom stereocenters. The number of amides is 1. The van der Waals surface area contributed by atoms with Crippen LogP contribution in [0.3, 0.4) is 0 Å². The predicted octanol–water partition coefficient (Wildman–Crippen LogP) is 5.65. The number of carbonyl (C=O) groups excluding carboxylic acids is 1. The van der Waals surface area contributed by atoms with E-state index in [4.69, 9.17) is 0 Å². The first-order chi connectivity index (χ1) is 9.02. The summed E-state index contributed by atoms with van der Waals surface area (Å²) in [6, 6.07) is 0. The smallest absolute Gasteiger partial charge is 0.231 e. The first-order valence-electron chi connectivity index (χ1n) is 7.93. The van der Waals surface area contributed by atoms with Crippen LogP contribution in [0.1, 0.15) is 85.5 Å². The number of nitrogens with one attached hydrogen (secondary N) is 1. The summed E-state index contributed by atoms with van der Waals surface area (Å²) >= 11 is 1.95. The van der Waals surface area contributed by atoms with Gasteiger partial charge in [0.1, 0.15) is 0 Å². The SMILES string of the molecule is CCCCC(C)(CC)CCCCC(CC)C(=O)NI. The van der Waals surface area contributed by atoms with E-state index >= 15 is 0 Å². The minimum Gasteiger partial charge on any atom is -0.299 e. The van der Waals surface area contributed by atoms with Crippen molar-refractivity contribution in [2.45, 2.75) is 85.5 Å². The van der Waals surface area contributed by atoms with Crippen molar-refractivity contribution in [2.75, 3.05) is 0 Å². The summed E-state index contributed by atoms with van der Waals surface area (Å²) < 4.78 is 2.74. The second-order valence-electron chi connectivity index (χ2n) is 6.08. The Morgan fingerprint density at radius 2 is 1.79 bits per heavy atom. The molecule has 0 rings (SSSR count). The summed E-state index contributed by atoms with van der Waals surface area (Å²) in [6.07, 6.45) is 11.0. The zero-order chi connectivity index (χ0) is 14.7. The zero-order valence-electron chi connectivity index (χ0n) is 13.2. The van der Waals surface area contributed by atoms with Crippen molar-refractivity contribution in [3.63, 3.8) is 0 Å². The predicted molar refractivity (Wildman–Crippen MR) is 92.3 cm³/mol. The molecule has 1 amide bonds. The molecule has 0 aliphatic heterocycles. The van der Waals surface area contributed by atoms with Crippen LogP contribution < -0.4 is 3.53 Å². The van der Waals surface area contributed by atoms with Gasteiger partial charge in [0.15, 0.2) is 0 Å². The van der Waals surface area contributed by atoms with E-state index in [0.717, 1.165) is 12.8 Å². The average Bonchev–Trinajstić information content (AvgIpc) is 2.44. The van der Waals surface area contributed by atoms with Gasteiger partial charge in [-0.05, 0) is 31.1 Å². The number of hydrogen-bond donors (Lipinski definition) is 1. The van der Waals surface area contributed by atoms with Crippen molar-refractivity contribution in [3.05, 3.63) is 0 Å². The van der Waals surface area contributed by atoms with Gasteiger partial charge in [-0.3, -0.25) is 8.32 Å². The Kier molecular flexibility index (Phi) is 11.0. The zero-order valence-corrected chi connectivity index (χ0v) is 15.4. The molecule has 0 aromatic rings. The topological polar surface area (TPSA) is 29.1 Å². The normalized spacial score (nSPS) is 15.8. The molecule has 0 saturated carbocycles. The van der Waals surface area contributed by atoms with Crippen molar-refractivity contribution in [2.24, 2.45) is 11.3 Å². The Labute approximate surface area is 134 Å². The minimum absolute atomic E-state index is 0.201. The molecule has 0 heterocycles. The molecule has 0 bridgehead atoms. The Hall–Kier alpha value is 0.200. The lowest BCUT2D eigenvalue weighted by atomic mass is 9.77. The number of halogens is 1. The fourth-order valence-corrected chi connectivity index (χ4v) is 3.06. The third-order valence-electron chi connectivity index (χ3n) is 4.53. The Bertz CT molecular complexity index is 245. The van der Waals surface area contributed by atoms with E-state index in [2.05, 4.69) is 31.2 Å². The number of unbranched alkanes of at least 4 members (excludes halogenated alkanes) is 2. The third kappa shape index (κ3) is 8.16. The lowest BCUT2D eigenvalue weighted by Gasteiger charge is -2.28. The molecule has 2 unspecified atom stereocenters. The first kappa shape index (κ1) is 19.2. The van der Waals surface area contributed by atoms with Crippen molar-refractivity contribution >= 4 is 28.8 Å². The van der Waals surface area contributed by atoms with Crippen LogP contribution in [0.5, 0.6) is 0 Å². The van der Waals surface area contributed by atoms with Gasteiger partial charge in [-0.1, -0.05) is 59.8 Å². The summed E-state index contributed by atoms with van der Waals surface area (Å²) in [5.74, 6) is 0.410. The molecule has 114 valence electrons. The highest BCUT2D eigenvalue weighted by Gasteiger charge is 2.21. The molecule has 0 aromatic heterocycles. The maximum Gasteiger partial charge on any atom is 0.231 e. The largest absolute Gasteiger partial charge is 0.299 e. The van der Waals surface area contributed by atoms with Gasteiger partial charge in [-0.2, -0.15) is 0 Å². The molecular weight excluding hydrogens is 349 g/mol. The van der Waals surface area contributed by atoms with Gasteiger partial charge >= 0.3 is 0 Å². The van der Waals surface area contributed by atoms with Crippen molar-refractivity contribution in [3.8, 4) is 0 Å². The average molecular weight is 381 g/mol. The van der Waals surface area contributed by atoms with Crippen LogP contribution in [0.25, 0.3) is 0 Å².